The molecule has 0 amide bonds. The third-order valence-corrected chi connectivity index (χ3v) is 1.88. The molecule has 0 radical (unpaired) electrons. The van der Waals surface area contributed by atoms with Crippen molar-refractivity contribution in [3.8, 4) is 11.1 Å². The van der Waals surface area contributed by atoms with Crippen molar-refractivity contribution in [1.82, 2.24) is 0 Å². The molecule has 1 N–H and O–H groups in total. The second-order valence-corrected chi connectivity index (χ2v) is 3.23. The van der Waals surface area contributed by atoms with Gasteiger partial charge in [-0.15, -0.1) is 0 Å². The number of halogens is 4. The van der Waals surface area contributed by atoms with Crippen LogP contribution in [-0.4, -0.2) is 7.25 Å². The normalized spacial score (nSPS) is 9.37. The van der Waals surface area contributed by atoms with Crippen LogP contribution in [0.2, 0.25) is 0 Å². The van der Waals surface area contributed by atoms with E-state index in [2.05, 4.69) is 48.5 Å². The van der Waals surface area contributed by atoms with Crippen LogP contribution in [0, 0.1) is 5.39 Å². The Morgan fingerprint density at radius 3 is 1.05 bits per heavy atom. The van der Waals surface area contributed by atoms with E-state index in [0.717, 1.165) is 0 Å². The maximum Gasteiger partial charge on any atom is 0.673 e. The summed E-state index contributed by atoms with van der Waals surface area (Å²) in [7, 11) is -6.00. The summed E-state index contributed by atoms with van der Waals surface area (Å²) in [6.07, 6.45) is 0. The average molecular weight is 270 g/mol. The minimum Gasteiger partial charge on any atom is -0.418 e. The molecule has 0 saturated heterocycles. The number of nitrogens with one attached hydrogen (secondary N) is 1. The van der Waals surface area contributed by atoms with Crippen LogP contribution >= 0.6 is 0 Å². The first-order valence-electron chi connectivity index (χ1n) is 5.17. The lowest BCUT2D eigenvalue weighted by Crippen LogP contribution is -2.11. The number of diazo groups is 1. The fraction of sp³-hybridized carbons (Fsp3) is 0. The van der Waals surface area contributed by atoms with Crippen molar-refractivity contribution in [2.45, 2.75) is 0 Å². The van der Waals surface area contributed by atoms with Gasteiger partial charge < -0.3 is 17.3 Å². The van der Waals surface area contributed by atoms with E-state index in [1.54, 1.807) is 0 Å². The highest BCUT2D eigenvalue weighted by molar-refractivity contribution is 6.50. The Bertz CT molecular complexity index is 428. The Morgan fingerprint density at radius 1 is 0.632 bits per heavy atom. The Balaban J connectivity index is 0.000000396. The number of hydrogen-bond donors (Lipinski definition) is 1. The molecule has 0 spiro atoms. The number of hydrogen-bond acceptors (Lipinski definition) is 1. The third-order valence-electron chi connectivity index (χ3n) is 1.88. The van der Waals surface area contributed by atoms with Crippen molar-refractivity contribution in [1.29, 1.82) is 5.39 Å². The van der Waals surface area contributed by atoms with E-state index in [9.17, 15) is 17.3 Å². The van der Waals surface area contributed by atoms with E-state index in [-0.39, 0.29) is 0 Å². The highest BCUT2D eigenvalue weighted by Crippen LogP contribution is 2.17. The Morgan fingerprint density at radius 2 is 0.842 bits per heavy atom. The van der Waals surface area contributed by atoms with Gasteiger partial charge in [0, 0.05) is 0 Å². The smallest absolute Gasteiger partial charge is 0.418 e. The van der Waals surface area contributed by atoms with Gasteiger partial charge in [-0.1, -0.05) is 60.7 Å². The highest BCUT2D eigenvalue weighted by Gasteiger charge is 2.20. The van der Waals surface area contributed by atoms with E-state index >= 15 is 0 Å². The maximum absolute atomic E-state index is 9.75. The van der Waals surface area contributed by atoms with Gasteiger partial charge in [-0.25, -0.2) is 0 Å². The molecule has 0 saturated carbocycles. The zero-order valence-corrected chi connectivity index (χ0v) is 9.81. The summed E-state index contributed by atoms with van der Waals surface area (Å²) in [4.78, 5) is 0. The lowest BCUT2D eigenvalue weighted by Gasteiger charge is -1.98. The van der Waals surface area contributed by atoms with Crippen molar-refractivity contribution in [2.75, 3.05) is 0 Å². The van der Waals surface area contributed by atoms with Crippen LogP contribution in [0.3, 0.4) is 0 Å². The largest absolute Gasteiger partial charge is 0.673 e. The molecule has 2 aromatic carbocycles. The molecule has 0 aromatic heterocycles. The van der Waals surface area contributed by atoms with Gasteiger partial charge in [0.1, 0.15) is 0 Å². The second kappa shape index (κ2) is 8.69. The molecule has 7 heteroatoms. The molecule has 0 unspecified atom stereocenters. The van der Waals surface area contributed by atoms with Crippen LogP contribution in [0.15, 0.2) is 60.7 Å². The standard InChI is InChI=1S/C12H10.BF4.N2/c1-3-7-11(8-4-1)12-9-5-2-6-10-12;2-1(3,4)5;1-2/h1-10H;;/q;-1;/p+1. The minimum atomic E-state index is -6.00. The van der Waals surface area contributed by atoms with E-state index < -0.39 is 7.25 Å². The average Bonchev–Trinajstić information content (AvgIpc) is 2.41. The van der Waals surface area contributed by atoms with Crippen molar-refractivity contribution in [3.63, 3.8) is 0 Å². The second-order valence-electron chi connectivity index (χ2n) is 3.23. The van der Waals surface area contributed by atoms with Crippen LogP contribution in [-0.2, 0) is 0 Å². The van der Waals surface area contributed by atoms with E-state index in [1.165, 1.54) is 11.1 Å². The molecule has 2 aromatic rings. The van der Waals surface area contributed by atoms with Gasteiger partial charge in [0.2, 0.25) is 5.39 Å². The molecule has 0 aliphatic heterocycles. The van der Waals surface area contributed by atoms with Crippen molar-refractivity contribution < 1.29 is 22.7 Å². The lowest BCUT2D eigenvalue weighted by molar-refractivity contribution is -0.175. The van der Waals surface area contributed by atoms with Gasteiger partial charge in [0.25, 0.3) is 0 Å². The summed E-state index contributed by atoms with van der Waals surface area (Å²) in [6, 6.07) is 20.8. The monoisotopic (exact) mass is 270 g/mol. The van der Waals surface area contributed by atoms with Crippen LogP contribution in [0.4, 0.5) is 17.3 Å². The van der Waals surface area contributed by atoms with Gasteiger partial charge in [-0.2, -0.15) is 0 Å². The molecule has 0 heterocycles. The van der Waals surface area contributed by atoms with E-state index in [0.29, 0.717) is 0 Å². The number of rotatable bonds is 1. The molecule has 19 heavy (non-hydrogen) atoms. The molecule has 2 nitrogen and oxygen atoms in total. The molecule has 0 fully saturated rings. The quantitative estimate of drug-likeness (QED) is 0.483. The van der Waals surface area contributed by atoms with Crippen molar-refractivity contribution in [3.05, 3.63) is 60.7 Å². The molecular formula is C12H11BF4N2. The predicted octanol–water partition coefficient (Wildman–Crippen LogP) is 2.93. The summed E-state index contributed by atoms with van der Waals surface area (Å²) in [6.45, 7) is 0. The predicted molar refractivity (Wildman–Crippen MR) is 64.8 cm³/mol. The van der Waals surface area contributed by atoms with Gasteiger partial charge in [0.05, 0.1) is 5.39 Å². The van der Waals surface area contributed by atoms with Crippen LogP contribution in [0.1, 0.15) is 0 Å². The highest BCUT2D eigenvalue weighted by atomic mass is 19.5. The van der Waals surface area contributed by atoms with Crippen LogP contribution in [0.5, 0.6) is 0 Å². The number of benzene rings is 2. The van der Waals surface area contributed by atoms with Gasteiger partial charge in [0.15, 0.2) is 0 Å². The summed E-state index contributed by atoms with van der Waals surface area (Å²) < 4.78 is 39.0. The summed E-state index contributed by atoms with van der Waals surface area (Å²) in [5.74, 6) is 0. The summed E-state index contributed by atoms with van der Waals surface area (Å²) >= 11 is 0. The minimum absolute atomic E-state index is 1.28. The van der Waals surface area contributed by atoms with E-state index in [1.807, 2.05) is 12.1 Å². The molecule has 0 bridgehead atoms. The van der Waals surface area contributed by atoms with Crippen LogP contribution < -0.4 is 5.39 Å². The first-order valence-corrected chi connectivity index (χ1v) is 5.17. The zero-order valence-electron chi connectivity index (χ0n) is 9.81. The van der Waals surface area contributed by atoms with E-state index in [4.69, 9.17) is 10.8 Å². The topological polar surface area (TPSA) is 47.6 Å². The first kappa shape index (κ1) is 16.6. The van der Waals surface area contributed by atoms with Gasteiger partial charge in [-0.3, -0.25) is 0 Å². The zero-order chi connectivity index (χ0) is 14.7. The molecule has 100 valence electrons. The maximum atomic E-state index is 9.75. The third kappa shape index (κ3) is 9.36. The van der Waals surface area contributed by atoms with Gasteiger partial charge >= 0.3 is 7.25 Å². The Labute approximate surface area is 108 Å². The molecule has 0 aliphatic rings. The Kier molecular flexibility index (Phi) is 7.62. The molecule has 2 rings (SSSR count). The summed E-state index contributed by atoms with van der Waals surface area (Å²) in [5.41, 5.74) is 2.55. The van der Waals surface area contributed by atoms with Crippen molar-refractivity contribution >= 4 is 7.25 Å². The SMILES string of the molecule is F[B-](F)(F)F.N#[NH+].c1ccc(-c2ccccc2)cc1. The molecule has 0 atom stereocenters. The molecule has 0 aliphatic carbocycles. The number of nitrogens with zero attached hydrogens (tertiary/aromatic N) is 1. The summed E-state index contributed by atoms with van der Waals surface area (Å²) in [5, 5.41) is 11.0. The fourth-order valence-electron chi connectivity index (χ4n) is 1.26. The fourth-order valence-corrected chi connectivity index (χ4v) is 1.26. The van der Waals surface area contributed by atoms with Crippen molar-refractivity contribution in [2.24, 2.45) is 0 Å². The first-order chi connectivity index (χ1) is 8.97. The molecular weight excluding hydrogens is 259 g/mol. The Hall–Kier alpha value is -2.36. The lowest BCUT2D eigenvalue weighted by atomic mass is 10.1. The van der Waals surface area contributed by atoms with Gasteiger partial charge in [-0.05, 0) is 11.1 Å². The van der Waals surface area contributed by atoms with Crippen LogP contribution in [0.25, 0.3) is 11.1 Å².